The highest BCUT2D eigenvalue weighted by molar-refractivity contribution is 6.01. The van der Waals surface area contributed by atoms with Crippen LogP contribution in [-0.4, -0.2) is 31.3 Å². The topological polar surface area (TPSA) is 20.3 Å². The van der Waals surface area contributed by atoms with E-state index in [2.05, 4.69) is 42.2 Å². The van der Waals surface area contributed by atoms with Gasteiger partial charge in [0.2, 0.25) is 0 Å². The Morgan fingerprint density at radius 3 is 2.58 bits per heavy atom. The second-order valence-electron chi connectivity index (χ2n) is 5.80. The Kier molecular flexibility index (Phi) is 4.54. The number of allylic oxidation sites excluding steroid dienone is 1. The molecule has 1 aliphatic rings. The molecule has 2 rings (SSSR count). The lowest BCUT2D eigenvalue weighted by Crippen LogP contribution is -2.31. The molecule has 1 atom stereocenters. The highest BCUT2D eigenvalue weighted by atomic mass is 16.1. The van der Waals surface area contributed by atoms with E-state index >= 15 is 0 Å². The van der Waals surface area contributed by atoms with Gasteiger partial charge in [0.1, 0.15) is 0 Å². The van der Waals surface area contributed by atoms with Crippen molar-refractivity contribution in [2.24, 2.45) is 5.92 Å². The third-order valence-electron chi connectivity index (χ3n) is 3.69. The summed E-state index contributed by atoms with van der Waals surface area (Å²) in [4.78, 5) is 14.5. The van der Waals surface area contributed by atoms with Crippen LogP contribution in [0.15, 0.2) is 29.8 Å². The Labute approximate surface area is 116 Å². The molecule has 0 heterocycles. The molecule has 0 bridgehead atoms. The number of carbonyl (C=O) groups is 1. The second kappa shape index (κ2) is 6.16. The van der Waals surface area contributed by atoms with E-state index in [1.165, 1.54) is 5.56 Å². The van der Waals surface area contributed by atoms with Gasteiger partial charge in [0.25, 0.3) is 0 Å². The lowest BCUT2D eigenvalue weighted by molar-refractivity contribution is -0.120. The summed E-state index contributed by atoms with van der Waals surface area (Å²) in [5, 5.41) is 0. The Morgan fingerprint density at radius 2 is 1.95 bits per heavy atom. The molecule has 0 amide bonds. The van der Waals surface area contributed by atoms with Gasteiger partial charge in [-0.15, -0.1) is 0 Å². The molecule has 0 spiro atoms. The van der Waals surface area contributed by atoms with Crippen LogP contribution in [0, 0.1) is 12.8 Å². The van der Waals surface area contributed by atoms with E-state index in [0.29, 0.717) is 5.78 Å². The van der Waals surface area contributed by atoms with Crippen molar-refractivity contribution in [2.75, 3.05) is 20.6 Å². The minimum atomic E-state index is 0.181. The summed E-state index contributed by atoms with van der Waals surface area (Å²) < 4.78 is 0. The first-order chi connectivity index (χ1) is 9.06. The van der Waals surface area contributed by atoms with Crippen LogP contribution in [0.2, 0.25) is 0 Å². The van der Waals surface area contributed by atoms with Gasteiger partial charge in [-0.3, -0.25) is 4.79 Å². The maximum Gasteiger partial charge on any atom is 0.163 e. The quantitative estimate of drug-likeness (QED) is 0.774. The van der Waals surface area contributed by atoms with Crippen molar-refractivity contribution < 1.29 is 4.79 Å². The van der Waals surface area contributed by atoms with Gasteiger partial charge < -0.3 is 4.90 Å². The molecule has 1 aromatic rings. The zero-order valence-electron chi connectivity index (χ0n) is 12.1. The van der Waals surface area contributed by atoms with Crippen LogP contribution < -0.4 is 0 Å². The van der Waals surface area contributed by atoms with Crippen molar-refractivity contribution in [2.45, 2.75) is 26.2 Å². The molecule has 0 radical (unpaired) electrons. The molecule has 0 aliphatic heterocycles. The predicted molar refractivity (Wildman–Crippen MR) is 80.1 cm³/mol. The first kappa shape index (κ1) is 14.0. The van der Waals surface area contributed by atoms with Gasteiger partial charge in [0.05, 0.1) is 0 Å². The monoisotopic (exact) mass is 257 g/mol. The van der Waals surface area contributed by atoms with Gasteiger partial charge in [-0.2, -0.15) is 0 Å². The van der Waals surface area contributed by atoms with Gasteiger partial charge in [-0.05, 0) is 57.5 Å². The van der Waals surface area contributed by atoms with Crippen LogP contribution in [-0.2, 0) is 4.79 Å². The molecule has 1 aromatic carbocycles. The van der Waals surface area contributed by atoms with Gasteiger partial charge in [-0.1, -0.05) is 29.8 Å². The van der Waals surface area contributed by atoms with E-state index in [1.807, 2.05) is 14.1 Å². The summed E-state index contributed by atoms with van der Waals surface area (Å²) in [6.07, 6.45) is 5.16. The molecule has 2 nitrogen and oxygen atoms in total. The van der Waals surface area contributed by atoms with Gasteiger partial charge in [0, 0.05) is 12.5 Å². The average molecular weight is 257 g/mol. The molecular weight excluding hydrogens is 234 g/mol. The Hall–Kier alpha value is -1.41. The van der Waals surface area contributed by atoms with Crippen molar-refractivity contribution in [3.8, 4) is 0 Å². The maximum absolute atomic E-state index is 12.4. The van der Waals surface area contributed by atoms with Crippen molar-refractivity contribution in [1.29, 1.82) is 0 Å². The lowest BCUT2D eigenvalue weighted by Gasteiger charge is -2.25. The third-order valence-corrected chi connectivity index (χ3v) is 3.69. The molecule has 1 fully saturated rings. The second-order valence-corrected chi connectivity index (χ2v) is 5.80. The molecular formula is C17H23NO. The van der Waals surface area contributed by atoms with Crippen LogP contribution in [0.25, 0.3) is 6.08 Å². The first-order valence-corrected chi connectivity index (χ1v) is 7.02. The van der Waals surface area contributed by atoms with Gasteiger partial charge >= 0.3 is 0 Å². The fraction of sp³-hybridized carbons (Fsp3) is 0.471. The normalized spacial score (nSPS) is 22.2. The Morgan fingerprint density at radius 1 is 1.26 bits per heavy atom. The minimum Gasteiger partial charge on any atom is -0.309 e. The van der Waals surface area contributed by atoms with Crippen LogP contribution >= 0.6 is 0 Å². The van der Waals surface area contributed by atoms with Crippen LogP contribution in [0.4, 0.5) is 0 Å². The maximum atomic E-state index is 12.4. The van der Waals surface area contributed by atoms with E-state index < -0.39 is 0 Å². The highest BCUT2D eigenvalue weighted by Crippen LogP contribution is 2.27. The smallest absolute Gasteiger partial charge is 0.163 e. The fourth-order valence-electron chi connectivity index (χ4n) is 2.68. The average Bonchev–Trinajstić information content (AvgIpc) is 2.36. The van der Waals surface area contributed by atoms with E-state index in [9.17, 15) is 4.79 Å². The summed E-state index contributed by atoms with van der Waals surface area (Å²) in [5.74, 6) is 0.529. The number of aryl methyl sites for hydroxylation is 1. The molecule has 102 valence electrons. The van der Waals surface area contributed by atoms with Crippen molar-refractivity contribution in [3.05, 3.63) is 41.0 Å². The largest absolute Gasteiger partial charge is 0.309 e. The Bertz CT molecular complexity index is 471. The number of nitrogens with zero attached hydrogens (tertiary/aromatic N) is 1. The molecule has 0 unspecified atom stereocenters. The molecule has 0 N–H and O–H groups in total. The summed E-state index contributed by atoms with van der Waals surface area (Å²) in [6, 6.07) is 8.37. The number of hydrogen-bond acceptors (Lipinski definition) is 2. The Balaban J connectivity index is 2.14. The third kappa shape index (κ3) is 3.77. The lowest BCUT2D eigenvalue weighted by atomic mass is 9.83. The van der Waals surface area contributed by atoms with Crippen molar-refractivity contribution in [3.63, 3.8) is 0 Å². The summed E-state index contributed by atoms with van der Waals surface area (Å²) in [6.45, 7) is 2.94. The summed E-state index contributed by atoms with van der Waals surface area (Å²) >= 11 is 0. The molecule has 1 aliphatic carbocycles. The van der Waals surface area contributed by atoms with Crippen LogP contribution in [0.5, 0.6) is 0 Å². The predicted octanol–water partition coefficient (Wildman–Crippen LogP) is 3.31. The highest BCUT2D eigenvalue weighted by Gasteiger charge is 2.26. The van der Waals surface area contributed by atoms with Gasteiger partial charge in [-0.25, -0.2) is 0 Å². The van der Waals surface area contributed by atoms with E-state index in [1.54, 1.807) is 0 Å². The van der Waals surface area contributed by atoms with E-state index in [4.69, 9.17) is 0 Å². The summed E-state index contributed by atoms with van der Waals surface area (Å²) in [7, 11) is 4.07. The molecule has 0 saturated heterocycles. The fourth-order valence-corrected chi connectivity index (χ4v) is 2.68. The van der Waals surface area contributed by atoms with Gasteiger partial charge in [0.15, 0.2) is 5.78 Å². The first-order valence-electron chi connectivity index (χ1n) is 7.02. The van der Waals surface area contributed by atoms with Crippen LogP contribution in [0.1, 0.15) is 30.4 Å². The minimum absolute atomic E-state index is 0.181. The number of carbonyl (C=O) groups excluding carboxylic acids is 1. The number of rotatable bonds is 3. The number of hydrogen-bond donors (Lipinski definition) is 0. The molecule has 2 heteroatoms. The zero-order chi connectivity index (χ0) is 13.8. The SMILES string of the molecule is Cc1ccc(/C=C2/CCC[C@@H](CN(C)C)C2=O)cc1. The van der Waals surface area contributed by atoms with Crippen LogP contribution in [0.3, 0.4) is 0 Å². The summed E-state index contributed by atoms with van der Waals surface area (Å²) in [5.41, 5.74) is 3.39. The zero-order valence-corrected chi connectivity index (χ0v) is 12.1. The molecule has 19 heavy (non-hydrogen) atoms. The standard InChI is InChI=1S/C17H23NO/c1-13-7-9-14(10-8-13)11-15-5-4-6-16(17(15)19)12-18(2)3/h7-11,16H,4-6,12H2,1-3H3/b15-11-/t16-/m0/s1. The van der Waals surface area contributed by atoms with E-state index in [-0.39, 0.29) is 5.92 Å². The number of ketones is 1. The van der Waals surface area contributed by atoms with Crippen molar-refractivity contribution >= 4 is 11.9 Å². The number of benzene rings is 1. The number of Topliss-reactive ketones (excluding diaryl/α,β-unsaturated/α-hetero) is 1. The molecule has 0 aromatic heterocycles. The van der Waals surface area contributed by atoms with E-state index in [0.717, 1.165) is 36.9 Å². The molecule has 1 saturated carbocycles. The van der Waals surface area contributed by atoms with Crippen molar-refractivity contribution in [1.82, 2.24) is 4.90 Å².